The van der Waals surface area contributed by atoms with Crippen LogP contribution in [-0.2, 0) is 4.79 Å². The van der Waals surface area contributed by atoms with E-state index in [1.54, 1.807) is 18.3 Å². The van der Waals surface area contributed by atoms with Crippen LogP contribution < -0.4 is 5.32 Å². The number of carboxylic acid groups (broad SMARTS) is 1. The van der Waals surface area contributed by atoms with Gasteiger partial charge in [-0.2, -0.15) is 0 Å². The summed E-state index contributed by atoms with van der Waals surface area (Å²) >= 11 is 5.92. The van der Waals surface area contributed by atoms with Gasteiger partial charge in [0.1, 0.15) is 0 Å². The number of amides is 2. The molecule has 2 aliphatic heterocycles. The lowest BCUT2D eigenvalue weighted by Gasteiger charge is -2.25. The maximum Gasteiger partial charge on any atom is 0.411 e. The topological polar surface area (TPSA) is 69.6 Å². The largest absolute Gasteiger partial charge is 0.465 e. The Balaban J connectivity index is 1.99. The summed E-state index contributed by atoms with van der Waals surface area (Å²) < 4.78 is 0. The number of fused-ring (bicyclic) bond motifs is 1. The number of carbonyl (C=O) groups excluding carboxylic acids is 1. The average Bonchev–Trinajstić information content (AvgIpc) is 2.73. The van der Waals surface area contributed by atoms with Crippen LogP contribution in [0.3, 0.4) is 0 Å². The molecule has 0 saturated heterocycles. The third-order valence-corrected chi connectivity index (χ3v) is 3.88. The first-order valence-corrected chi connectivity index (χ1v) is 6.74. The summed E-state index contributed by atoms with van der Waals surface area (Å²) in [4.78, 5) is 24.4. The monoisotopic (exact) mass is 292 g/mol. The molecule has 0 spiro atoms. The van der Waals surface area contributed by atoms with Crippen molar-refractivity contribution in [1.29, 1.82) is 0 Å². The van der Waals surface area contributed by atoms with E-state index in [1.807, 2.05) is 6.07 Å². The van der Waals surface area contributed by atoms with E-state index in [0.717, 1.165) is 24.0 Å². The summed E-state index contributed by atoms with van der Waals surface area (Å²) in [6.45, 7) is 0.473. The fourth-order valence-electron chi connectivity index (χ4n) is 2.76. The van der Waals surface area contributed by atoms with Gasteiger partial charge in [-0.3, -0.25) is 9.69 Å². The van der Waals surface area contributed by atoms with E-state index in [-0.39, 0.29) is 5.91 Å². The van der Waals surface area contributed by atoms with Crippen molar-refractivity contribution < 1.29 is 14.7 Å². The Hall–Kier alpha value is -2.01. The number of hydrogen-bond acceptors (Lipinski definition) is 2. The molecule has 0 fully saturated rings. The highest BCUT2D eigenvalue weighted by Crippen LogP contribution is 2.40. The minimum atomic E-state index is -0.989. The van der Waals surface area contributed by atoms with E-state index in [0.29, 0.717) is 17.3 Å². The standard InChI is InChI=1S/C14H13ClN2O3/c15-9-3-4-10-11(6-9)16-13(18)12(10)8-2-1-5-17(7-8)14(19)20/h3-4,6-7,12H,1-2,5H2,(H,16,18)(H,19,20). The number of anilines is 1. The first-order valence-electron chi connectivity index (χ1n) is 6.37. The van der Waals surface area contributed by atoms with Crippen LogP contribution in [0, 0.1) is 0 Å². The molecule has 20 heavy (non-hydrogen) atoms. The normalized spacial score (nSPS) is 21.2. The van der Waals surface area contributed by atoms with Gasteiger partial charge in [-0.25, -0.2) is 4.79 Å². The van der Waals surface area contributed by atoms with Crippen LogP contribution in [0.4, 0.5) is 10.5 Å². The highest BCUT2D eigenvalue weighted by molar-refractivity contribution is 6.31. The fourth-order valence-corrected chi connectivity index (χ4v) is 2.93. The van der Waals surface area contributed by atoms with E-state index in [4.69, 9.17) is 16.7 Å². The molecule has 0 radical (unpaired) electrons. The molecule has 2 heterocycles. The molecular weight excluding hydrogens is 280 g/mol. The predicted octanol–water partition coefficient (Wildman–Crippen LogP) is 3.03. The van der Waals surface area contributed by atoms with E-state index in [2.05, 4.69) is 5.32 Å². The molecule has 1 atom stereocenters. The fraction of sp³-hybridized carbons (Fsp3) is 0.286. The smallest absolute Gasteiger partial charge is 0.411 e. The van der Waals surface area contributed by atoms with Gasteiger partial charge in [-0.1, -0.05) is 17.7 Å². The lowest BCUT2D eigenvalue weighted by Crippen LogP contribution is -2.30. The molecule has 104 valence electrons. The van der Waals surface area contributed by atoms with Crippen LogP contribution in [0.15, 0.2) is 30.0 Å². The number of nitrogens with zero attached hydrogens (tertiary/aromatic N) is 1. The quantitative estimate of drug-likeness (QED) is 0.836. The lowest BCUT2D eigenvalue weighted by atomic mass is 9.88. The molecule has 2 amide bonds. The second kappa shape index (κ2) is 4.83. The zero-order chi connectivity index (χ0) is 14.3. The molecule has 1 unspecified atom stereocenters. The van der Waals surface area contributed by atoms with Crippen molar-refractivity contribution in [3.63, 3.8) is 0 Å². The van der Waals surface area contributed by atoms with Crippen LogP contribution in [0.2, 0.25) is 5.02 Å². The summed E-state index contributed by atoms with van der Waals surface area (Å²) in [6.07, 6.45) is 2.05. The molecule has 0 bridgehead atoms. The van der Waals surface area contributed by atoms with Crippen molar-refractivity contribution >= 4 is 29.3 Å². The van der Waals surface area contributed by atoms with Crippen LogP contribution >= 0.6 is 11.6 Å². The minimum absolute atomic E-state index is 0.124. The Bertz CT molecular complexity index is 627. The van der Waals surface area contributed by atoms with Gasteiger partial charge in [0.25, 0.3) is 0 Å². The second-order valence-electron chi connectivity index (χ2n) is 4.94. The summed E-state index contributed by atoms with van der Waals surface area (Å²) in [5.41, 5.74) is 2.40. The molecular formula is C14H13ClN2O3. The SMILES string of the molecule is O=C1Nc2cc(Cl)ccc2C1C1=CN(C(=O)O)CCC1. The number of rotatable bonds is 1. The van der Waals surface area contributed by atoms with Crippen molar-refractivity contribution in [2.24, 2.45) is 0 Å². The Morgan fingerprint density at radius 3 is 3.00 bits per heavy atom. The Kier molecular flexibility index (Phi) is 3.14. The van der Waals surface area contributed by atoms with Gasteiger partial charge in [-0.15, -0.1) is 0 Å². The number of benzene rings is 1. The summed E-state index contributed by atoms with van der Waals surface area (Å²) in [5.74, 6) is -0.537. The third-order valence-electron chi connectivity index (χ3n) is 3.65. The van der Waals surface area contributed by atoms with Gasteiger partial charge in [-0.05, 0) is 36.1 Å². The van der Waals surface area contributed by atoms with Gasteiger partial charge in [0.2, 0.25) is 5.91 Å². The van der Waals surface area contributed by atoms with Crippen molar-refractivity contribution in [3.05, 3.63) is 40.6 Å². The second-order valence-corrected chi connectivity index (χ2v) is 5.37. The zero-order valence-electron chi connectivity index (χ0n) is 10.6. The van der Waals surface area contributed by atoms with Crippen LogP contribution in [0.1, 0.15) is 24.3 Å². The number of nitrogens with one attached hydrogen (secondary N) is 1. The van der Waals surface area contributed by atoms with Crippen molar-refractivity contribution in [2.75, 3.05) is 11.9 Å². The predicted molar refractivity (Wildman–Crippen MR) is 74.9 cm³/mol. The van der Waals surface area contributed by atoms with Crippen LogP contribution in [0.25, 0.3) is 0 Å². The summed E-state index contributed by atoms with van der Waals surface area (Å²) in [7, 11) is 0. The lowest BCUT2D eigenvalue weighted by molar-refractivity contribution is -0.116. The first kappa shape index (κ1) is 13.0. The van der Waals surface area contributed by atoms with Gasteiger partial charge in [0.05, 0.1) is 5.92 Å². The van der Waals surface area contributed by atoms with E-state index < -0.39 is 12.0 Å². The highest BCUT2D eigenvalue weighted by atomic mass is 35.5. The van der Waals surface area contributed by atoms with E-state index in [1.165, 1.54) is 4.90 Å². The van der Waals surface area contributed by atoms with Crippen LogP contribution in [0.5, 0.6) is 0 Å². The molecule has 2 N–H and O–H groups in total. The summed E-state index contributed by atoms with van der Waals surface area (Å²) in [5, 5.41) is 12.4. The van der Waals surface area contributed by atoms with Gasteiger partial charge >= 0.3 is 6.09 Å². The zero-order valence-corrected chi connectivity index (χ0v) is 11.4. The van der Waals surface area contributed by atoms with Gasteiger partial charge in [0.15, 0.2) is 0 Å². The average molecular weight is 293 g/mol. The highest BCUT2D eigenvalue weighted by Gasteiger charge is 2.35. The Morgan fingerprint density at radius 2 is 2.25 bits per heavy atom. The van der Waals surface area contributed by atoms with Crippen molar-refractivity contribution in [1.82, 2.24) is 4.90 Å². The number of hydrogen-bond donors (Lipinski definition) is 2. The summed E-state index contributed by atoms with van der Waals surface area (Å²) in [6, 6.07) is 5.28. The molecule has 0 aliphatic carbocycles. The van der Waals surface area contributed by atoms with Crippen LogP contribution in [-0.4, -0.2) is 28.6 Å². The maximum absolute atomic E-state index is 12.2. The van der Waals surface area contributed by atoms with E-state index in [9.17, 15) is 9.59 Å². The Labute approximate surface area is 120 Å². The molecule has 5 nitrogen and oxygen atoms in total. The third kappa shape index (κ3) is 2.14. The molecule has 0 saturated carbocycles. The van der Waals surface area contributed by atoms with Crippen molar-refractivity contribution in [3.8, 4) is 0 Å². The molecule has 1 aromatic carbocycles. The van der Waals surface area contributed by atoms with Crippen molar-refractivity contribution in [2.45, 2.75) is 18.8 Å². The molecule has 1 aromatic rings. The molecule has 0 aromatic heterocycles. The van der Waals surface area contributed by atoms with E-state index >= 15 is 0 Å². The number of carbonyl (C=O) groups is 2. The maximum atomic E-state index is 12.2. The minimum Gasteiger partial charge on any atom is -0.465 e. The molecule has 2 aliphatic rings. The Morgan fingerprint density at radius 1 is 1.45 bits per heavy atom. The molecule has 6 heteroatoms. The molecule has 3 rings (SSSR count). The van der Waals surface area contributed by atoms with Gasteiger partial charge < -0.3 is 10.4 Å². The number of halogens is 1. The van der Waals surface area contributed by atoms with Gasteiger partial charge in [0, 0.05) is 23.5 Å². The first-order chi connectivity index (χ1) is 9.56.